The molecule has 5 nitrogen and oxygen atoms in total. The van der Waals surface area contributed by atoms with Crippen LogP contribution in [0.1, 0.15) is 28.0 Å². The SMILES string of the molecule is CN(C)c1ccc(N2C(=O)CS[C@H]2c2ccc(NC(=O)C(c3ccccc3)c3ccccc3)cc2)cc1. The number of hydrogen-bond donors (Lipinski definition) is 1. The van der Waals surface area contributed by atoms with Crippen molar-refractivity contribution in [3.63, 3.8) is 0 Å². The second kappa shape index (κ2) is 10.9. The van der Waals surface area contributed by atoms with Crippen LogP contribution in [0.4, 0.5) is 17.1 Å². The Hall–Kier alpha value is -4.03. The molecule has 0 aliphatic carbocycles. The van der Waals surface area contributed by atoms with Crippen LogP contribution in [-0.4, -0.2) is 31.7 Å². The van der Waals surface area contributed by atoms with Crippen molar-refractivity contribution in [1.82, 2.24) is 0 Å². The average molecular weight is 508 g/mol. The number of carbonyl (C=O) groups excluding carboxylic acids is 2. The van der Waals surface area contributed by atoms with Crippen LogP contribution in [0.15, 0.2) is 109 Å². The highest BCUT2D eigenvalue weighted by atomic mass is 32.2. The maximum atomic E-state index is 13.4. The number of thioether (sulfide) groups is 1. The van der Waals surface area contributed by atoms with E-state index in [2.05, 4.69) is 5.32 Å². The fraction of sp³-hybridized carbons (Fsp3) is 0.161. The van der Waals surface area contributed by atoms with Crippen molar-refractivity contribution in [3.8, 4) is 0 Å². The largest absolute Gasteiger partial charge is 0.378 e. The second-order valence-electron chi connectivity index (χ2n) is 9.20. The molecule has 0 unspecified atom stereocenters. The summed E-state index contributed by atoms with van der Waals surface area (Å²) < 4.78 is 0. The maximum absolute atomic E-state index is 13.4. The number of benzene rings is 4. The lowest BCUT2D eigenvalue weighted by Crippen LogP contribution is -2.27. The lowest BCUT2D eigenvalue weighted by atomic mass is 9.90. The average Bonchev–Trinajstić information content (AvgIpc) is 3.31. The van der Waals surface area contributed by atoms with Gasteiger partial charge in [-0.2, -0.15) is 0 Å². The highest BCUT2D eigenvalue weighted by Crippen LogP contribution is 2.42. The molecule has 186 valence electrons. The molecule has 0 spiro atoms. The minimum atomic E-state index is -0.411. The van der Waals surface area contributed by atoms with Gasteiger partial charge in [-0.1, -0.05) is 72.8 Å². The summed E-state index contributed by atoms with van der Waals surface area (Å²) in [7, 11) is 3.99. The molecule has 37 heavy (non-hydrogen) atoms. The summed E-state index contributed by atoms with van der Waals surface area (Å²) in [6.07, 6.45) is 0. The Morgan fingerprint density at radius 3 is 1.95 bits per heavy atom. The molecule has 1 aliphatic heterocycles. The van der Waals surface area contributed by atoms with Crippen LogP contribution in [0.5, 0.6) is 0 Å². The fourth-order valence-corrected chi connectivity index (χ4v) is 5.77. The van der Waals surface area contributed by atoms with Crippen molar-refractivity contribution in [2.75, 3.05) is 35.0 Å². The van der Waals surface area contributed by atoms with E-state index in [0.717, 1.165) is 33.8 Å². The van der Waals surface area contributed by atoms with E-state index in [1.807, 2.05) is 133 Å². The molecule has 1 aliphatic rings. The molecule has 0 radical (unpaired) electrons. The van der Waals surface area contributed by atoms with Crippen LogP contribution in [0.2, 0.25) is 0 Å². The van der Waals surface area contributed by atoms with Crippen molar-refractivity contribution < 1.29 is 9.59 Å². The molecular formula is C31H29N3O2S. The van der Waals surface area contributed by atoms with Crippen molar-refractivity contribution in [2.24, 2.45) is 0 Å². The Balaban J connectivity index is 1.35. The quantitative estimate of drug-likeness (QED) is 0.319. The Morgan fingerprint density at radius 2 is 1.41 bits per heavy atom. The number of nitrogens with one attached hydrogen (secondary N) is 1. The van der Waals surface area contributed by atoms with Gasteiger partial charge in [0.15, 0.2) is 0 Å². The van der Waals surface area contributed by atoms with Crippen LogP contribution < -0.4 is 15.1 Å². The van der Waals surface area contributed by atoms with Crippen molar-refractivity contribution in [2.45, 2.75) is 11.3 Å². The van der Waals surface area contributed by atoms with Gasteiger partial charge in [-0.25, -0.2) is 0 Å². The van der Waals surface area contributed by atoms with E-state index in [0.29, 0.717) is 5.75 Å². The van der Waals surface area contributed by atoms with Crippen LogP contribution in [0.3, 0.4) is 0 Å². The van der Waals surface area contributed by atoms with Gasteiger partial charge in [0, 0.05) is 31.2 Å². The zero-order valence-electron chi connectivity index (χ0n) is 20.9. The van der Waals surface area contributed by atoms with Gasteiger partial charge in [-0.3, -0.25) is 14.5 Å². The third kappa shape index (κ3) is 5.39. The Kier molecular flexibility index (Phi) is 7.28. The van der Waals surface area contributed by atoms with Gasteiger partial charge in [-0.05, 0) is 53.1 Å². The van der Waals surface area contributed by atoms with Crippen LogP contribution in [0.25, 0.3) is 0 Å². The number of anilines is 3. The summed E-state index contributed by atoms with van der Waals surface area (Å²) in [6.45, 7) is 0. The van der Waals surface area contributed by atoms with Gasteiger partial charge in [0.1, 0.15) is 5.37 Å². The Labute approximate surface area is 222 Å². The lowest BCUT2D eigenvalue weighted by Gasteiger charge is -2.25. The van der Waals surface area contributed by atoms with E-state index < -0.39 is 5.92 Å². The summed E-state index contributed by atoms with van der Waals surface area (Å²) in [4.78, 5) is 30.1. The molecule has 0 saturated carbocycles. The molecule has 0 bridgehead atoms. The Morgan fingerprint density at radius 1 is 0.838 bits per heavy atom. The number of carbonyl (C=O) groups is 2. The zero-order valence-corrected chi connectivity index (χ0v) is 21.7. The van der Waals surface area contributed by atoms with E-state index in [4.69, 9.17) is 0 Å². The highest BCUT2D eigenvalue weighted by molar-refractivity contribution is 8.00. The lowest BCUT2D eigenvalue weighted by molar-refractivity contribution is -0.117. The molecule has 1 heterocycles. The fourth-order valence-electron chi connectivity index (χ4n) is 4.59. The number of nitrogens with zero attached hydrogens (tertiary/aromatic N) is 2. The molecule has 4 aromatic carbocycles. The van der Waals surface area contributed by atoms with E-state index in [9.17, 15) is 9.59 Å². The third-order valence-electron chi connectivity index (χ3n) is 6.50. The Bertz CT molecular complexity index is 1320. The molecule has 0 aromatic heterocycles. The number of amides is 2. The molecule has 2 amide bonds. The van der Waals surface area contributed by atoms with Gasteiger partial charge in [0.05, 0.1) is 11.7 Å². The summed E-state index contributed by atoms with van der Waals surface area (Å²) in [6, 6.07) is 35.5. The van der Waals surface area contributed by atoms with E-state index >= 15 is 0 Å². The van der Waals surface area contributed by atoms with Gasteiger partial charge in [0.2, 0.25) is 11.8 Å². The summed E-state index contributed by atoms with van der Waals surface area (Å²) >= 11 is 1.61. The minimum absolute atomic E-state index is 0.0850. The summed E-state index contributed by atoms with van der Waals surface area (Å²) in [5.74, 6) is 0.0384. The molecule has 1 atom stereocenters. The molecule has 1 saturated heterocycles. The van der Waals surface area contributed by atoms with E-state index in [1.54, 1.807) is 11.8 Å². The third-order valence-corrected chi connectivity index (χ3v) is 7.72. The van der Waals surface area contributed by atoms with Gasteiger partial charge in [0.25, 0.3) is 0 Å². The molecule has 1 fully saturated rings. The first-order valence-corrected chi connectivity index (χ1v) is 13.3. The van der Waals surface area contributed by atoms with Crippen LogP contribution in [-0.2, 0) is 9.59 Å². The zero-order chi connectivity index (χ0) is 25.8. The topological polar surface area (TPSA) is 52.6 Å². The van der Waals surface area contributed by atoms with E-state index in [-0.39, 0.29) is 17.2 Å². The smallest absolute Gasteiger partial charge is 0.238 e. The molecule has 1 N–H and O–H groups in total. The van der Waals surface area contributed by atoms with E-state index in [1.165, 1.54) is 0 Å². The summed E-state index contributed by atoms with van der Waals surface area (Å²) in [5, 5.41) is 2.99. The predicted octanol–water partition coefficient (Wildman–Crippen LogP) is 6.30. The maximum Gasteiger partial charge on any atom is 0.238 e. The van der Waals surface area contributed by atoms with Crippen molar-refractivity contribution in [1.29, 1.82) is 0 Å². The highest BCUT2D eigenvalue weighted by Gasteiger charge is 2.34. The predicted molar refractivity (Wildman–Crippen MR) is 153 cm³/mol. The normalized spacial score (nSPS) is 15.2. The number of hydrogen-bond acceptors (Lipinski definition) is 4. The number of rotatable bonds is 7. The summed E-state index contributed by atoms with van der Waals surface area (Å²) in [5.41, 5.74) is 5.61. The van der Waals surface area contributed by atoms with Crippen LogP contribution >= 0.6 is 11.8 Å². The van der Waals surface area contributed by atoms with Crippen LogP contribution in [0, 0.1) is 0 Å². The molecular weight excluding hydrogens is 478 g/mol. The monoisotopic (exact) mass is 507 g/mol. The van der Waals surface area contributed by atoms with Crippen molar-refractivity contribution in [3.05, 3.63) is 126 Å². The molecule has 5 rings (SSSR count). The van der Waals surface area contributed by atoms with Gasteiger partial charge < -0.3 is 10.2 Å². The first-order valence-electron chi connectivity index (χ1n) is 12.2. The first kappa shape index (κ1) is 24.7. The van der Waals surface area contributed by atoms with Gasteiger partial charge in [-0.15, -0.1) is 11.8 Å². The van der Waals surface area contributed by atoms with Gasteiger partial charge >= 0.3 is 0 Å². The minimum Gasteiger partial charge on any atom is -0.378 e. The molecule has 4 aromatic rings. The van der Waals surface area contributed by atoms with Crippen molar-refractivity contribution >= 4 is 40.6 Å². The second-order valence-corrected chi connectivity index (χ2v) is 10.3. The first-order chi connectivity index (χ1) is 18.0. The standard InChI is InChI=1S/C31H29N3O2S/c1-33(2)26-17-19-27(20-18-26)34-28(35)21-37-31(34)24-13-15-25(16-14-24)32-30(36)29(22-9-5-3-6-10-22)23-11-7-4-8-12-23/h3-20,29,31H,21H2,1-2H3,(H,32,36)/t31-/m0/s1. The molecule has 6 heteroatoms.